The van der Waals surface area contributed by atoms with Crippen molar-refractivity contribution in [3.63, 3.8) is 0 Å². The molecule has 1 atom stereocenters. The lowest BCUT2D eigenvalue weighted by atomic mass is 10.1. The summed E-state index contributed by atoms with van der Waals surface area (Å²) in [5, 5.41) is 3.06. The van der Waals surface area contributed by atoms with Crippen LogP contribution in [0.3, 0.4) is 0 Å². The molecule has 2 amide bonds. The van der Waals surface area contributed by atoms with Gasteiger partial charge < -0.3 is 10.2 Å². The molecular weight excluding hydrogens is 438 g/mol. The van der Waals surface area contributed by atoms with Crippen molar-refractivity contribution in [2.24, 2.45) is 0 Å². The van der Waals surface area contributed by atoms with Crippen molar-refractivity contribution in [2.75, 3.05) is 17.1 Å². The van der Waals surface area contributed by atoms with Crippen molar-refractivity contribution in [1.29, 1.82) is 0 Å². The molecule has 0 aliphatic heterocycles. The summed E-state index contributed by atoms with van der Waals surface area (Å²) in [5.41, 5.74) is 2.27. The first-order chi connectivity index (χ1) is 15.6. The first-order valence-electron chi connectivity index (χ1n) is 11.3. The number of benzene rings is 2. The summed E-state index contributed by atoms with van der Waals surface area (Å²) >= 11 is 0. The van der Waals surface area contributed by atoms with Crippen LogP contribution in [0, 0.1) is 6.92 Å². The second-order valence-electron chi connectivity index (χ2n) is 8.78. The maximum absolute atomic E-state index is 13.5. The van der Waals surface area contributed by atoms with E-state index in [2.05, 4.69) is 5.32 Å². The number of aryl methyl sites for hydroxylation is 1. The smallest absolute Gasteiger partial charge is 0.244 e. The van der Waals surface area contributed by atoms with E-state index in [-0.39, 0.29) is 25.0 Å². The number of sulfonamides is 1. The van der Waals surface area contributed by atoms with Crippen molar-refractivity contribution in [2.45, 2.75) is 58.2 Å². The van der Waals surface area contributed by atoms with Crippen molar-refractivity contribution in [1.82, 2.24) is 10.2 Å². The zero-order chi connectivity index (χ0) is 24.0. The second-order valence-corrected chi connectivity index (χ2v) is 10.7. The highest BCUT2D eigenvalue weighted by Crippen LogP contribution is 2.21. The standard InChI is InChI=1S/C25H33N3O4S/c1-19-13-15-23(16-14-19)28(33(3,31)32)18-24(29)27(17-21-9-5-4-6-10-21)20(2)25(30)26-22-11-7-8-12-22/h4-6,9-10,13-16,20,22H,7-8,11-12,17-18H2,1-3H3,(H,26,30)/t20-/m0/s1. The highest BCUT2D eigenvalue weighted by Gasteiger charge is 2.31. The van der Waals surface area contributed by atoms with Crippen molar-refractivity contribution in [3.05, 3.63) is 65.7 Å². The molecule has 8 heteroatoms. The Hall–Kier alpha value is -2.87. The summed E-state index contributed by atoms with van der Waals surface area (Å²) in [5.74, 6) is -0.647. The lowest BCUT2D eigenvalue weighted by Gasteiger charge is -2.32. The lowest BCUT2D eigenvalue weighted by molar-refractivity contribution is -0.139. The van der Waals surface area contributed by atoms with Crippen LogP contribution in [-0.2, 0) is 26.2 Å². The van der Waals surface area contributed by atoms with Crippen LogP contribution in [0.4, 0.5) is 5.69 Å². The fourth-order valence-corrected chi connectivity index (χ4v) is 4.93. The molecule has 1 saturated carbocycles. The molecule has 1 N–H and O–H groups in total. The molecule has 1 aliphatic rings. The molecule has 0 saturated heterocycles. The molecule has 2 aromatic carbocycles. The third-order valence-corrected chi connectivity index (χ3v) is 7.21. The van der Waals surface area contributed by atoms with E-state index in [9.17, 15) is 18.0 Å². The van der Waals surface area contributed by atoms with Crippen LogP contribution in [0.5, 0.6) is 0 Å². The average molecular weight is 472 g/mol. The van der Waals surface area contributed by atoms with Gasteiger partial charge in [0.2, 0.25) is 21.8 Å². The minimum Gasteiger partial charge on any atom is -0.352 e. The monoisotopic (exact) mass is 471 g/mol. The molecule has 1 aliphatic carbocycles. The summed E-state index contributed by atoms with van der Waals surface area (Å²) in [6.45, 7) is 3.44. The summed E-state index contributed by atoms with van der Waals surface area (Å²) in [6.07, 6.45) is 5.15. The molecule has 0 spiro atoms. The summed E-state index contributed by atoms with van der Waals surface area (Å²) in [4.78, 5) is 27.9. The number of nitrogens with zero attached hydrogens (tertiary/aromatic N) is 2. The van der Waals surface area contributed by atoms with Gasteiger partial charge in [-0.05, 0) is 44.4 Å². The van der Waals surface area contributed by atoms with Crippen LogP contribution in [-0.4, -0.2) is 50.0 Å². The van der Waals surface area contributed by atoms with Crippen LogP contribution < -0.4 is 9.62 Å². The first-order valence-corrected chi connectivity index (χ1v) is 13.2. The molecule has 2 aromatic rings. The number of rotatable bonds is 9. The summed E-state index contributed by atoms with van der Waals surface area (Å²) in [7, 11) is -3.71. The number of carbonyl (C=O) groups is 2. The maximum Gasteiger partial charge on any atom is 0.244 e. The zero-order valence-electron chi connectivity index (χ0n) is 19.5. The van der Waals surface area contributed by atoms with Gasteiger partial charge >= 0.3 is 0 Å². The highest BCUT2D eigenvalue weighted by atomic mass is 32.2. The quantitative estimate of drug-likeness (QED) is 0.608. The molecule has 0 unspecified atom stereocenters. The second kappa shape index (κ2) is 10.8. The van der Waals surface area contributed by atoms with Crippen molar-refractivity contribution in [3.8, 4) is 0 Å². The van der Waals surface area contributed by atoms with E-state index >= 15 is 0 Å². The first kappa shape index (κ1) is 24.8. The molecule has 0 aromatic heterocycles. The zero-order valence-corrected chi connectivity index (χ0v) is 20.3. The van der Waals surface area contributed by atoms with Crippen LogP contribution in [0.25, 0.3) is 0 Å². The Morgan fingerprint density at radius 2 is 1.64 bits per heavy atom. The Morgan fingerprint density at radius 3 is 2.21 bits per heavy atom. The molecular formula is C25H33N3O4S. The summed E-state index contributed by atoms with van der Waals surface area (Å²) in [6, 6.07) is 15.8. The average Bonchev–Trinajstić information content (AvgIpc) is 3.29. The molecule has 0 heterocycles. The third-order valence-electron chi connectivity index (χ3n) is 6.07. The van der Waals surface area contributed by atoms with Gasteiger partial charge in [0.1, 0.15) is 12.6 Å². The Labute approximate surface area is 196 Å². The topological polar surface area (TPSA) is 86.8 Å². The number of hydrogen-bond donors (Lipinski definition) is 1. The van der Waals surface area contributed by atoms with Gasteiger partial charge in [-0.2, -0.15) is 0 Å². The number of hydrogen-bond acceptors (Lipinski definition) is 4. The number of nitrogens with one attached hydrogen (secondary N) is 1. The van der Waals surface area contributed by atoms with Crippen LogP contribution in [0.2, 0.25) is 0 Å². The van der Waals surface area contributed by atoms with Crippen LogP contribution in [0.1, 0.15) is 43.7 Å². The van der Waals surface area contributed by atoms with E-state index < -0.39 is 22.0 Å². The molecule has 178 valence electrons. The minimum absolute atomic E-state index is 0.133. The van der Waals surface area contributed by atoms with Gasteiger partial charge in [-0.3, -0.25) is 13.9 Å². The molecule has 3 rings (SSSR count). The largest absolute Gasteiger partial charge is 0.352 e. The van der Waals surface area contributed by atoms with Gasteiger partial charge in [0.15, 0.2) is 0 Å². The molecule has 1 fully saturated rings. The van der Waals surface area contributed by atoms with E-state index in [4.69, 9.17) is 0 Å². The highest BCUT2D eigenvalue weighted by molar-refractivity contribution is 7.92. The van der Waals surface area contributed by atoms with Gasteiger partial charge in [-0.1, -0.05) is 60.9 Å². The fraction of sp³-hybridized carbons (Fsp3) is 0.440. The lowest BCUT2D eigenvalue weighted by Crippen LogP contribution is -2.52. The number of carbonyl (C=O) groups excluding carboxylic acids is 2. The van der Waals surface area contributed by atoms with Gasteiger partial charge in [0, 0.05) is 12.6 Å². The summed E-state index contributed by atoms with van der Waals surface area (Å²) < 4.78 is 26.2. The van der Waals surface area contributed by atoms with E-state index in [0.717, 1.165) is 47.4 Å². The Bertz CT molecular complexity index is 1050. The van der Waals surface area contributed by atoms with Gasteiger partial charge in [0.25, 0.3) is 0 Å². The predicted molar refractivity (Wildman–Crippen MR) is 130 cm³/mol. The van der Waals surface area contributed by atoms with Crippen molar-refractivity contribution < 1.29 is 18.0 Å². The molecule has 0 bridgehead atoms. The van der Waals surface area contributed by atoms with Crippen LogP contribution in [0.15, 0.2) is 54.6 Å². The van der Waals surface area contributed by atoms with E-state index in [1.165, 1.54) is 4.90 Å². The van der Waals surface area contributed by atoms with Gasteiger partial charge in [-0.15, -0.1) is 0 Å². The third kappa shape index (κ3) is 6.81. The Morgan fingerprint density at radius 1 is 1.03 bits per heavy atom. The van der Waals surface area contributed by atoms with Crippen molar-refractivity contribution >= 4 is 27.5 Å². The van der Waals surface area contributed by atoms with E-state index in [1.807, 2.05) is 37.3 Å². The van der Waals surface area contributed by atoms with Gasteiger partial charge in [0.05, 0.1) is 11.9 Å². The minimum atomic E-state index is -3.71. The Balaban J connectivity index is 1.84. The number of amides is 2. The number of anilines is 1. The normalized spacial score (nSPS) is 15.1. The SMILES string of the molecule is Cc1ccc(N(CC(=O)N(Cc2ccccc2)[C@@H](C)C(=O)NC2CCCC2)S(C)(=O)=O)cc1. The maximum atomic E-state index is 13.5. The van der Waals surface area contributed by atoms with Crippen LogP contribution >= 0.6 is 0 Å². The molecule has 33 heavy (non-hydrogen) atoms. The van der Waals surface area contributed by atoms with Gasteiger partial charge in [-0.25, -0.2) is 8.42 Å². The fourth-order valence-electron chi connectivity index (χ4n) is 4.08. The van der Waals surface area contributed by atoms with E-state index in [0.29, 0.717) is 5.69 Å². The Kier molecular flexibility index (Phi) is 8.13. The predicted octanol–water partition coefficient (Wildman–Crippen LogP) is 3.24. The molecule has 7 nitrogen and oxygen atoms in total. The molecule has 0 radical (unpaired) electrons. The van der Waals surface area contributed by atoms with E-state index in [1.54, 1.807) is 31.2 Å².